The molecule has 0 aromatic heterocycles. The van der Waals surface area contributed by atoms with Crippen molar-refractivity contribution in [2.75, 3.05) is 19.1 Å². The summed E-state index contributed by atoms with van der Waals surface area (Å²) in [6, 6.07) is 0. The molecule has 0 rings (SSSR count). The Kier molecular flexibility index (Phi) is 196. The highest BCUT2D eigenvalue weighted by Crippen LogP contribution is 1.73. The van der Waals surface area contributed by atoms with Crippen molar-refractivity contribution in [3.05, 3.63) is 0 Å². The highest BCUT2D eigenvalue weighted by atomic mass is 35.5. The highest BCUT2D eigenvalue weighted by molar-refractivity contribution is 6.40. The molecule has 0 saturated heterocycles. The molecule has 0 aliphatic carbocycles. The Balaban J connectivity index is -0.0000000202. The number of halogens is 2. The molecule has 0 atom stereocenters. The molecule has 0 unspecified atom stereocenters. The molecule has 0 aliphatic heterocycles. The SMILES string of the molecule is CCO.CO.ClCCl.N. The highest BCUT2D eigenvalue weighted by Gasteiger charge is 1.41. The van der Waals surface area contributed by atoms with Gasteiger partial charge in [-0.3, -0.25) is 0 Å². The molecule has 0 fully saturated rings. The van der Waals surface area contributed by atoms with Crippen LogP contribution < -0.4 is 6.15 Å². The molecule has 5 N–H and O–H groups in total. The Hall–Kier alpha value is 0.460. The standard InChI is InChI=1S/C2H6O.CH2Cl2.CH4O.H3N/c1-2-3;2-1-3;1-2;/h3H,2H2,1H3;1H2;2H,1H3;1H3. The van der Waals surface area contributed by atoms with Gasteiger partial charge in [-0.1, -0.05) is 0 Å². The second kappa shape index (κ2) is 77.8. The lowest BCUT2D eigenvalue weighted by Crippen LogP contribution is -1.57. The minimum absolute atomic E-state index is 0. The molecule has 0 spiro atoms. The largest absolute Gasteiger partial charge is 0.400 e. The van der Waals surface area contributed by atoms with E-state index in [-0.39, 0.29) is 18.1 Å². The fraction of sp³-hybridized carbons (Fsp3) is 1.00. The molecule has 5 heteroatoms. The zero-order valence-electron chi connectivity index (χ0n) is 5.77. The van der Waals surface area contributed by atoms with E-state index in [2.05, 4.69) is 0 Å². The molecule has 0 bridgehead atoms. The molecule has 9 heavy (non-hydrogen) atoms. The monoisotopic (exact) mass is 179 g/mol. The van der Waals surface area contributed by atoms with Crippen molar-refractivity contribution in [3.63, 3.8) is 0 Å². The first kappa shape index (κ1) is 22.7. The third-order valence-corrected chi connectivity index (χ3v) is 0. The lowest BCUT2D eigenvalue weighted by atomic mass is 10.9. The Morgan fingerprint density at radius 1 is 1.22 bits per heavy atom. The molecule has 0 saturated carbocycles. The van der Waals surface area contributed by atoms with E-state index in [1.54, 1.807) is 6.92 Å². The Bertz CT molecular complexity index is 18.5. The van der Waals surface area contributed by atoms with Gasteiger partial charge in [-0.25, -0.2) is 0 Å². The van der Waals surface area contributed by atoms with Crippen molar-refractivity contribution in [2.24, 2.45) is 0 Å². The summed E-state index contributed by atoms with van der Waals surface area (Å²) in [7, 11) is 1.00. The molecule has 0 aliphatic rings. The zero-order valence-corrected chi connectivity index (χ0v) is 7.28. The Morgan fingerprint density at radius 2 is 1.22 bits per heavy atom. The summed E-state index contributed by atoms with van der Waals surface area (Å²) in [4.78, 5) is 0. The second-order valence-corrected chi connectivity index (χ2v) is 1.23. The van der Waals surface area contributed by atoms with E-state index in [1.807, 2.05) is 0 Å². The van der Waals surface area contributed by atoms with Crippen LogP contribution in [0.4, 0.5) is 0 Å². The fourth-order valence-electron chi connectivity index (χ4n) is 0. The number of aliphatic hydroxyl groups excluding tert-OH is 2. The summed E-state index contributed by atoms with van der Waals surface area (Å²) < 4.78 is 0. The maximum atomic E-state index is 7.57. The minimum Gasteiger partial charge on any atom is -0.400 e. The van der Waals surface area contributed by atoms with Crippen LogP contribution in [0.3, 0.4) is 0 Å². The number of rotatable bonds is 0. The van der Waals surface area contributed by atoms with Crippen LogP contribution in [-0.2, 0) is 0 Å². The van der Waals surface area contributed by atoms with Crippen LogP contribution in [0.15, 0.2) is 0 Å². The van der Waals surface area contributed by atoms with E-state index in [0.717, 1.165) is 7.11 Å². The molecular formula is C4H15Cl2NO2. The van der Waals surface area contributed by atoms with Gasteiger partial charge in [-0.2, -0.15) is 0 Å². The third-order valence-electron chi connectivity index (χ3n) is 0. The van der Waals surface area contributed by atoms with Crippen molar-refractivity contribution in [1.29, 1.82) is 0 Å². The quantitative estimate of drug-likeness (QED) is 0.490. The zero-order chi connectivity index (χ0) is 7.41. The van der Waals surface area contributed by atoms with Gasteiger partial charge >= 0.3 is 0 Å². The molecule has 0 heterocycles. The van der Waals surface area contributed by atoms with Crippen LogP contribution >= 0.6 is 23.2 Å². The van der Waals surface area contributed by atoms with Crippen molar-refractivity contribution < 1.29 is 10.2 Å². The van der Waals surface area contributed by atoms with Gasteiger partial charge in [0.15, 0.2) is 0 Å². The summed E-state index contributed by atoms with van der Waals surface area (Å²) in [5.74, 6) is 0. The van der Waals surface area contributed by atoms with Crippen LogP contribution in [0.5, 0.6) is 0 Å². The number of hydrogen-bond acceptors (Lipinski definition) is 3. The van der Waals surface area contributed by atoms with E-state index in [4.69, 9.17) is 33.4 Å². The molecule has 0 radical (unpaired) electrons. The van der Waals surface area contributed by atoms with Crippen LogP contribution in [0.1, 0.15) is 6.92 Å². The van der Waals surface area contributed by atoms with Gasteiger partial charge in [0.1, 0.15) is 0 Å². The van der Waals surface area contributed by atoms with Gasteiger partial charge in [0, 0.05) is 13.7 Å². The predicted molar refractivity (Wildman–Crippen MR) is 42.5 cm³/mol. The van der Waals surface area contributed by atoms with Gasteiger partial charge in [0.2, 0.25) is 0 Å². The summed E-state index contributed by atoms with van der Waals surface area (Å²) in [5.41, 5.74) is 0. The summed E-state index contributed by atoms with van der Waals surface area (Å²) >= 11 is 9.53. The average molecular weight is 180 g/mol. The summed E-state index contributed by atoms with van der Waals surface area (Å²) in [6.07, 6.45) is 0. The van der Waals surface area contributed by atoms with Gasteiger partial charge in [0.05, 0.1) is 5.34 Å². The van der Waals surface area contributed by atoms with Crippen LogP contribution in [0, 0.1) is 0 Å². The molecular weight excluding hydrogens is 165 g/mol. The van der Waals surface area contributed by atoms with E-state index >= 15 is 0 Å². The minimum atomic E-state index is 0. The molecule has 3 nitrogen and oxygen atoms in total. The lowest BCUT2D eigenvalue weighted by Gasteiger charge is -1.52. The first-order valence-corrected chi connectivity index (χ1v) is 3.07. The normalized spacial score (nSPS) is 4.67. The first-order valence-electron chi connectivity index (χ1n) is 2.01. The number of hydrogen-bond donors (Lipinski definition) is 3. The predicted octanol–water partition coefficient (Wildman–Crippen LogP) is 1.19. The Labute approximate surface area is 66.2 Å². The maximum absolute atomic E-state index is 7.57. The van der Waals surface area contributed by atoms with Crippen molar-refractivity contribution in [2.45, 2.75) is 6.92 Å². The number of alkyl halides is 2. The fourth-order valence-corrected chi connectivity index (χ4v) is 0. The van der Waals surface area contributed by atoms with Crippen molar-refractivity contribution >= 4 is 23.2 Å². The van der Waals surface area contributed by atoms with Gasteiger partial charge in [0.25, 0.3) is 0 Å². The summed E-state index contributed by atoms with van der Waals surface area (Å²) in [5, 5.41) is 14.8. The van der Waals surface area contributed by atoms with Gasteiger partial charge < -0.3 is 16.4 Å². The molecule has 62 valence electrons. The van der Waals surface area contributed by atoms with Gasteiger partial charge in [-0.15, -0.1) is 23.2 Å². The molecule has 0 aromatic carbocycles. The summed E-state index contributed by atoms with van der Waals surface area (Å²) in [6.45, 7) is 1.93. The topological polar surface area (TPSA) is 75.5 Å². The van der Waals surface area contributed by atoms with Crippen LogP contribution in [0.25, 0.3) is 0 Å². The van der Waals surface area contributed by atoms with Crippen molar-refractivity contribution in [1.82, 2.24) is 6.15 Å². The maximum Gasteiger partial charge on any atom is 0.0967 e. The first-order chi connectivity index (χ1) is 3.83. The van der Waals surface area contributed by atoms with E-state index in [1.165, 1.54) is 0 Å². The van der Waals surface area contributed by atoms with E-state index < -0.39 is 0 Å². The van der Waals surface area contributed by atoms with Crippen LogP contribution in [-0.4, -0.2) is 29.3 Å². The van der Waals surface area contributed by atoms with Crippen molar-refractivity contribution in [3.8, 4) is 0 Å². The van der Waals surface area contributed by atoms with Crippen LogP contribution in [0.2, 0.25) is 0 Å². The third kappa shape index (κ3) is 1670. The molecule has 0 aromatic rings. The van der Waals surface area contributed by atoms with E-state index in [0.29, 0.717) is 0 Å². The lowest BCUT2D eigenvalue weighted by molar-refractivity contribution is 0.318. The molecule has 0 amide bonds. The second-order valence-electron chi connectivity index (χ2n) is 0.417. The smallest absolute Gasteiger partial charge is 0.0967 e. The van der Waals surface area contributed by atoms with E-state index in [9.17, 15) is 0 Å². The average Bonchev–Trinajstić information content (AvgIpc) is 1.75. The van der Waals surface area contributed by atoms with Gasteiger partial charge in [-0.05, 0) is 6.92 Å². The Morgan fingerprint density at radius 3 is 1.22 bits per heavy atom. The number of aliphatic hydroxyl groups is 2.